The van der Waals surface area contributed by atoms with Crippen LogP contribution in [0.25, 0.3) is 33.0 Å². The van der Waals surface area contributed by atoms with E-state index in [1.165, 1.54) is 11.3 Å². The highest BCUT2D eigenvalue weighted by Gasteiger charge is 2.17. The summed E-state index contributed by atoms with van der Waals surface area (Å²) in [7, 11) is 0. The normalized spacial score (nSPS) is 10.6. The Morgan fingerprint density at radius 3 is 2.41 bits per heavy atom. The molecule has 0 saturated carbocycles. The molecule has 5 nitrogen and oxygen atoms in total. The standard InChI is InChI=1S/C23H11Cl3N2O3S/c24-17-5-1-12(10-27)7-16(17)15-4-2-14(9-21(15)31-23(29)30)22-28-20(11-32-22)13-3-6-18(25)19(26)8-13/h1-9,11H,(H,29,30). The molecule has 32 heavy (non-hydrogen) atoms. The minimum Gasteiger partial charge on any atom is -0.449 e. The zero-order chi connectivity index (χ0) is 22.8. The number of nitriles is 1. The minimum atomic E-state index is -1.47. The van der Waals surface area contributed by atoms with Gasteiger partial charge in [0.2, 0.25) is 0 Å². The number of rotatable bonds is 4. The van der Waals surface area contributed by atoms with Gasteiger partial charge in [0.1, 0.15) is 10.8 Å². The lowest BCUT2D eigenvalue weighted by atomic mass is 10.0. The topological polar surface area (TPSA) is 83.2 Å². The van der Waals surface area contributed by atoms with Gasteiger partial charge < -0.3 is 9.84 Å². The van der Waals surface area contributed by atoms with E-state index >= 15 is 0 Å². The molecule has 1 heterocycles. The molecule has 9 heteroatoms. The first-order valence-electron chi connectivity index (χ1n) is 9.02. The van der Waals surface area contributed by atoms with Gasteiger partial charge in [0.05, 0.1) is 27.4 Å². The number of hydrogen-bond acceptors (Lipinski definition) is 5. The molecule has 4 rings (SSSR count). The summed E-state index contributed by atoms with van der Waals surface area (Å²) in [5.74, 6) is 0.0817. The van der Waals surface area contributed by atoms with Crippen molar-refractivity contribution in [1.82, 2.24) is 4.98 Å². The Balaban J connectivity index is 1.77. The number of carboxylic acid groups (broad SMARTS) is 1. The SMILES string of the molecule is N#Cc1ccc(Cl)c(-c2ccc(-c3nc(-c4ccc(Cl)c(Cl)c4)cs3)cc2OC(=O)O)c1. The summed E-state index contributed by atoms with van der Waals surface area (Å²) in [6, 6.07) is 17.1. The van der Waals surface area contributed by atoms with Gasteiger partial charge in [0, 0.05) is 32.7 Å². The first-order valence-corrected chi connectivity index (χ1v) is 11.0. The molecule has 0 unspecified atom stereocenters. The van der Waals surface area contributed by atoms with Crippen LogP contribution in [0.2, 0.25) is 15.1 Å². The van der Waals surface area contributed by atoms with Crippen LogP contribution < -0.4 is 4.74 Å². The zero-order valence-corrected chi connectivity index (χ0v) is 19.1. The van der Waals surface area contributed by atoms with Crippen molar-refractivity contribution in [3.05, 3.63) is 80.6 Å². The Bertz CT molecular complexity index is 1400. The summed E-state index contributed by atoms with van der Waals surface area (Å²) in [6.45, 7) is 0. The molecule has 0 atom stereocenters. The van der Waals surface area contributed by atoms with Gasteiger partial charge in [0.25, 0.3) is 0 Å². The second-order valence-electron chi connectivity index (χ2n) is 6.55. The number of hydrogen-bond donors (Lipinski definition) is 1. The van der Waals surface area contributed by atoms with E-state index in [9.17, 15) is 15.2 Å². The van der Waals surface area contributed by atoms with Crippen molar-refractivity contribution in [2.24, 2.45) is 0 Å². The fourth-order valence-corrected chi connectivity index (χ4v) is 4.40. The monoisotopic (exact) mass is 500 g/mol. The summed E-state index contributed by atoms with van der Waals surface area (Å²) in [4.78, 5) is 15.9. The Morgan fingerprint density at radius 1 is 0.938 bits per heavy atom. The molecular formula is C23H11Cl3N2O3S. The molecule has 0 fully saturated rings. The average Bonchev–Trinajstić information content (AvgIpc) is 3.26. The maximum absolute atomic E-state index is 11.3. The highest BCUT2D eigenvalue weighted by Crippen LogP contribution is 2.39. The van der Waals surface area contributed by atoms with Crippen molar-refractivity contribution in [1.29, 1.82) is 5.26 Å². The van der Waals surface area contributed by atoms with Gasteiger partial charge in [-0.2, -0.15) is 5.26 Å². The van der Waals surface area contributed by atoms with Crippen molar-refractivity contribution >= 4 is 52.3 Å². The van der Waals surface area contributed by atoms with Gasteiger partial charge in [-0.3, -0.25) is 0 Å². The van der Waals surface area contributed by atoms with Crippen LogP contribution in [0, 0.1) is 11.3 Å². The number of halogens is 3. The Hall–Kier alpha value is -3.08. The minimum absolute atomic E-state index is 0.0817. The summed E-state index contributed by atoms with van der Waals surface area (Å²) >= 11 is 19.8. The van der Waals surface area contributed by atoms with Crippen molar-refractivity contribution in [2.45, 2.75) is 0 Å². The number of aromatic nitrogens is 1. The van der Waals surface area contributed by atoms with E-state index in [-0.39, 0.29) is 5.75 Å². The van der Waals surface area contributed by atoms with Crippen LogP contribution in [0.3, 0.4) is 0 Å². The molecule has 0 radical (unpaired) electrons. The van der Waals surface area contributed by atoms with Crippen LogP contribution in [0.5, 0.6) is 5.75 Å². The average molecular weight is 502 g/mol. The van der Waals surface area contributed by atoms with Gasteiger partial charge in [0.15, 0.2) is 0 Å². The van der Waals surface area contributed by atoms with E-state index in [0.717, 1.165) is 5.56 Å². The predicted molar refractivity (Wildman–Crippen MR) is 127 cm³/mol. The van der Waals surface area contributed by atoms with Crippen LogP contribution >= 0.6 is 46.1 Å². The van der Waals surface area contributed by atoms with E-state index in [2.05, 4.69) is 4.98 Å². The summed E-state index contributed by atoms with van der Waals surface area (Å²) in [5.41, 5.74) is 3.50. The lowest BCUT2D eigenvalue weighted by Gasteiger charge is -2.12. The summed E-state index contributed by atoms with van der Waals surface area (Å²) < 4.78 is 5.03. The second-order valence-corrected chi connectivity index (χ2v) is 8.63. The van der Waals surface area contributed by atoms with E-state index in [4.69, 9.17) is 39.5 Å². The van der Waals surface area contributed by atoms with Gasteiger partial charge in [-0.25, -0.2) is 9.78 Å². The summed E-state index contributed by atoms with van der Waals surface area (Å²) in [5, 5.41) is 22.2. The van der Waals surface area contributed by atoms with Crippen LogP contribution in [-0.4, -0.2) is 16.2 Å². The highest BCUT2D eigenvalue weighted by molar-refractivity contribution is 7.13. The molecule has 0 aliphatic carbocycles. The molecule has 0 aliphatic heterocycles. The van der Waals surface area contributed by atoms with E-state index in [0.29, 0.717) is 48.0 Å². The molecule has 0 saturated heterocycles. The molecule has 0 amide bonds. The lowest BCUT2D eigenvalue weighted by Crippen LogP contribution is -2.04. The van der Waals surface area contributed by atoms with Crippen LogP contribution in [0.1, 0.15) is 5.56 Å². The van der Waals surface area contributed by atoms with Crippen molar-refractivity contribution in [2.75, 3.05) is 0 Å². The Labute approximate surface area is 202 Å². The molecule has 1 N–H and O–H groups in total. The van der Waals surface area contributed by atoms with Crippen LogP contribution in [-0.2, 0) is 0 Å². The second kappa shape index (κ2) is 9.19. The first-order chi connectivity index (χ1) is 15.4. The molecule has 0 spiro atoms. The number of thiazole rings is 1. The smallest absolute Gasteiger partial charge is 0.449 e. The third kappa shape index (κ3) is 4.57. The van der Waals surface area contributed by atoms with Gasteiger partial charge in [-0.05, 0) is 42.5 Å². The predicted octanol–water partition coefficient (Wildman–Crippen LogP) is 8.03. The zero-order valence-electron chi connectivity index (χ0n) is 16.0. The Morgan fingerprint density at radius 2 is 1.69 bits per heavy atom. The van der Waals surface area contributed by atoms with Gasteiger partial charge >= 0.3 is 6.16 Å². The number of carbonyl (C=O) groups is 1. The number of ether oxygens (including phenoxy) is 1. The first kappa shape index (κ1) is 22.1. The molecule has 0 bridgehead atoms. The largest absolute Gasteiger partial charge is 0.511 e. The number of benzene rings is 3. The van der Waals surface area contributed by atoms with E-state index in [1.54, 1.807) is 48.5 Å². The maximum Gasteiger partial charge on any atom is 0.511 e. The van der Waals surface area contributed by atoms with Crippen molar-refractivity contribution in [3.8, 4) is 44.8 Å². The van der Waals surface area contributed by atoms with Gasteiger partial charge in [-0.15, -0.1) is 11.3 Å². The van der Waals surface area contributed by atoms with Crippen LogP contribution in [0.4, 0.5) is 4.79 Å². The fraction of sp³-hybridized carbons (Fsp3) is 0. The van der Waals surface area contributed by atoms with E-state index in [1.807, 2.05) is 17.5 Å². The molecule has 158 valence electrons. The molecular weight excluding hydrogens is 491 g/mol. The molecule has 4 aromatic rings. The third-order valence-corrected chi connectivity index (χ3v) is 6.49. The third-order valence-electron chi connectivity index (χ3n) is 4.53. The fourth-order valence-electron chi connectivity index (χ4n) is 3.05. The van der Waals surface area contributed by atoms with Crippen molar-refractivity contribution < 1.29 is 14.6 Å². The van der Waals surface area contributed by atoms with Gasteiger partial charge in [-0.1, -0.05) is 46.9 Å². The summed E-state index contributed by atoms with van der Waals surface area (Å²) in [6.07, 6.45) is -1.47. The molecule has 1 aromatic heterocycles. The quantitative estimate of drug-likeness (QED) is 0.226. The van der Waals surface area contributed by atoms with Crippen molar-refractivity contribution in [3.63, 3.8) is 0 Å². The highest BCUT2D eigenvalue weighted by atomic mass is 35.5. The number of nitrogens with zero attached hydrogens (tertiary/aromatic N) is 2. The lowest BCUT2D eigenvalue weighted by molar-refractivity contribution is 0.144. The van der Waals surface area contributed by atoms with E-state index < -0.39 is 6.16 Å². The molecule has 0 aliphatic rings. The Kier molecular flexibility index (Phi) is 6.35. The molecule has 3 aromatic carbocycles. The van der Waals surface area contributed by atoms with Crippen LogP contribution in [0.15, 0.2) is 60.0 Å². The maximum atomic E-state index is 11.3.